The molecule has 0 saturated heterocycles. The molecule has 3 heterocycles. The highest BCUT2D eigenvalue weighted by Crippen LogP contribution is 2.21. The number of aryl methyl sites for hydroxylation is 1. The van der Waals surface area contributed by atoms with E-state index in [1.54, 1.807) is 17.0 Å². The Balaban J connectivity index is 1.71. The fraction of sp³-hybridized carbons (Fsp3) is 0.438. The lowest BCUT2D eigenvalue weighted by molar-refractivity contribution is 0.0937. The highest BCUT2D eigenvalue weighted by molar-refractivity contribution is 5.90. The lowest BCUT2D eigenvalue weighted by atomic mass is 9.97. The van der Waals surface area contributed by atoms with Gasteiger partial charge < -0.3 is 9.88 Å². The van der Waals surface area contributed by atoms with Crippen molar-refractivity contribution >= 4 is 5.91 Å². The van der Waals surface area contributed by atoms with Crippen LogP contribution in [0.25, 0.3) is 0 Å². The van der Waals surface area contributed by atoms with E-state index in [9.17, 15) is 4.79 Å². The summed E-state index contributed by atoms with van der Waals surface area (Å²) in [6.07, 6.45) is 8.21. The maximum Gasteiger partial charge on any atom is 0.287 e. The third-order valence-corrected chi connectivity index (χ3v) is 4.22. The summed E-state index contributed by atoms with van der Waals surface area (Å²) in [6, 6.07) is 0. The molecule has 22 heavy (non-hydrogen) atoms. The van der Waals surface area contributed by atoms with Gasteiger partial charge in [0.15, 0.2) is 5.82 Å². The average Bonchev–Trinajstić information content (AvgIpc) is 2.98. The number of hydrogen-bond donors (Lipinski definition) is 1. The number of rotatable bonds is 4. The Morgan fingerprint density at radius 2 is 2.27 bits per heavy atom. The molecule has 1 aliphatic rings. The van der Waals surface area contributed by atoms with Crippen LogP contribution < -0.4 is 5.32 Å². The summed E-state index contributed by atoms with van der Waals surface area (Å²) in [7, 11) is 1.81. The van der Waals surface area contributed by atoms with Crippen LogP contribution in [-0.4, -0.2) is 38.4 Å². The lowest BCUT2D eigenvalue weighted by Gasteiger charge is -2.28. The first-order valence-electron chi connectivity index (χ1n) is 7.61. The van der Waals surface area contributed by atoms with Crippen molar-refractivity contribution in [2.45, 2.75) is 26.4 Å². The van der Waals surface area contributed by atoms with Crippen LogP contribution in [0.4, 0.5) is 0 Å². The number of nitrogens with zero attached hydrogens (tertiary/aromatic N) is 4. The minimum absolute atomic E-state index is 0.156. The van der Waals surface area contributed by atoms with Gasteiger partial charge in [-0.05, 0) is 29.7 Å². The van der Waals surface area contributed by atoms with Crippen LogP contribution in [-0.2, 0) is 26.6 Å². The molecule has 2 aromatic rings. The third-order valence-electron chi connectivity index (χ3n) is 4.22. The Hall–Kier alpha value is -2.21. The molecular weight excluding hydrogens is 278 g/mol. The van der Waals surface area contributed by atoms with Crippen molar-refractivity contribution in [3.05, 3.63) is 47.3 Å². The standard InChI is InChI=1S/C16H21N5O/c1-3-21-6-4-14-12(8-17-9-13(14)11-21)10-19-16(22)15-18-5-7-20(15)2/h5,7-9H,3-4,6,10-11H2,1-2H3,(H,19,22). The summed E-state index contributed by atoms with van der Waals surface area (Å²) in [4.78, 5) is 22.9. The van der Waals surface area contributed by atoms with Crippen molar-refractivity contribution in [2.75, 3.05) is 13.1 Å². The summed E-state index contributed by atoms with van der Waals surface area (Å²) in [5, 5.41) is 2.94. The molecule has 0 radical (unpaired) electrons. The van der Waals surface area contributed by atoms with Crippen molar-refractivity contribution in [1.29, 1.82) is 0 Å². The van der Waals surface area contributed by atoms with Gasteiger partial charge in [0.1, 0.15) is 0 Å². The van der Waals surface area contributed by atoms with E-state index in [0.29, 0.717) is 12.4 Å². The van der Waals surface area contributed by atoms with Crippen LogP contribution in [0.1, 0.15) is 34.2 Å². The first-order valence-corrected chi connectivity index (χ1v) is 7.61. The van der Waals surface area contributed by atoms with E-state index in [0.717, 1.165) is 31.6 Å². The molecule has 0 unspecified atom stereocenters. The average molecular weight is 299 g/mol. The predicted octanol–water partition coefficient (Wildman–Crippen LogP) is 1.12. The molecule has 1 N–H and O–H groups in total. The van der Waals surface area contributed by atoms with E-state index >= 15 is 0 Å². The fourth-order valence-corrected chi connectivity index (χ4v) is 2.89. The highest BCUT2D eigenvalue weighted by atomic mass is 16.2. The normalized spacial score (nSPS) is 14.6. The smallest absolute Gasteiger partial charge is 0.287 e. The van der Waals surface area contributed by atoms with Gasteiger partial charge in [0, 0.05) is 51.5 Å². The van der Waals surface area contributed by atoms with Crippen LogP contribution in [0.3, 0.4) is 0 Å². The van der Waals surface area contributed by atoms with Crippen LogP contribution in [0.2, 0.25) is 0 Å². The van der Waals surface area contributed by atoms with E-state index in [4.69, 9.17) is 0 Å². The summed E-state index contributed by atoms with van der Waals surface area (Å²) in [5.41, 5.74) is 3.72. The molecular formula is C16H21N5O. The molecule has 0 saturated carbocycles. The van der Waals surface area contributed by atoms with Gasteiger partial charge in [-0.25, -0.2) is 4.98 Å². The number of carbonyl (C=O) groups is 1. The minimum Gasteiger partial charge on any atom is -0.345 e. The van der Waals surface area contributed by atoms with Gasteiger partial charge in [0.05, 0.1) is 0 Å². The Morgan fingerprint density at radius 3 is 3.00 bits per heavy atom. The van der Waals surface area contributed by atoms with E-state index in [2.05, 4.69) is 27.1 Å². The zero-order valence-electron chi connectivity index (χ0n) is 13.0. The maximum atomic E-state index is 12.1. The van der Waals surface area contributed by atoms with Gasteiger partial charge in [-0.1, -0.05) is 6.92 Å². The number of pyridine rings is 1. The fourth-order valence-electron chi connectivity index (χ4n) is 2.89. The van der Waals surface area contributed by atoms with Crippen molar-refractivity contribution in [1.82, 2.24) is 24.8 Å². The first-order chi connectivity index (χ1) is 10.7. The summed E-state index contributed by atoms with van der Waals surface area (Å²) in [6.45, 7) is 5.73. The van der Waals surface area contributed by atoms with E-state index < -0.39 is 0 Å². The van der Waals surface area contributed by atoms with Crippen molar-refractivity contribution < 1.29 is 4.79 Å². The molecule has 0 atom stereocenters. The zero-order valence-corrected chi connectivity index (χ0v) is 13.0. The summed E-state index contributed by atoms with van der Waals surface area (Å²) >= 11 is 0. The second kappa shape index (κ2) is 6.27. The van der Waals surface area contributed by atoms with Crippen molar-refractivity contribution in [3.8, 4) is 0 Å². The van der Waals surface area contributed by atoms with Crippen LogP contribution in [0.15, 0.2) is 24.8 Å². The molecule has 1 aliphatic heterocycles. The number of likely N-dealkylation sites (N-methyl/N-ethyl adjacent to an activating group) is 1. The van der Waals surface area contributed by atoms with Gasteiger partial charge in [0.25, 0.3) is 5.91 Å². The predicted molar refractivity (Wildman–Crippen MR) is 83.3 cm³/mol. The molecule has 0 spiro atoms. The summed E-state index contributed by atoms with van der Waals surface area (Å²) < 4.78 is 1.72. The molecule has 0 aliphatic carbocycles. The third kappa shape index (κ3) is 2.87. The Morgan fingerprint density at radius 1 is 1.41 bits per heavy atom. The number of nitrogens with one attached hydrogen (secondary N) is 1. The molecule has 0 bridgehead atoms. The van der Waals surface area contributed by atoms with Crippen molar-refractivity contribution in [3.63, 3.8) is 0 Å². The molecule has 3 rings (SSSR count). The van der Waals surface area contributed by atoms with E-state index in [1.807, 2.05) is 19.4 Å². The largest absolute Gasteiger partial charge is 0.345 e. The lowest BCUT2D eigenvalue weighted by Crippen LogP contribution is -2.32. The van der Waals surface area contributed by atoms with Gasteiger partial charge in [0.2, 0.25) is 0 Å². The van der Waals surface area contributed by atoms with Crippen LogP contribution in [0, 0.1) is 0 Å². The Labute approximate surface area is 130 Å². The second-order valence-electron chi connectivity index (χ2n) is 5.60. The van der Waals surface area contributed by atoms with Gasteiger partial charge in [-0.3, -0.25) is 14.7 Å². The quantitative estimate of drug-likeness (QED) is 0.919. The number of carbonyl (C=O) groups excluding carboxylic acids is 1. The molecule has 6 nitrogen and oxygen atoms in total. The van der Waals surface area contributed by atoms with Gasteiger partial charge in [-0.15, -0.1) is 0 Å². The number of amides is 1. The van der Waals surface area contributed by atoms with Crippen LogP contribution in [0.5, 0.6) is 0 Å². The minimum atomic E-state index is -0.156. The summed E-state index contributed by atoms with van der Waals surface area (Å²) in [5.74, 6) is 0.269. The zero-order chi connectivity index (χ0) is 15.5. The van der Waals surface area contributed by atoms with E-state index in [-0.39, 0.29) is 5.91 Å². The van der Waals surface area contributed by atoms with E-state index in [1.165, 1.54) is 11.1 Å². The van der Waals surface area contributed by atoms with Crippen molar-refractivity contribution in [2.24, 2.45) is 7.05 Å². The SMILES string of the molecule is CCN1CCc2c(CNC(=O)c3nccn3C)cncc2C1. The molecule has 116 valence electrons. The van der Waals surface area contributed by atoms with Crippen LogP contribution >= 0.6 is 0 Å². The molecule has 0 fully saturated rings. The first kappa shape index (κ1) is 14.7. The Kier molecular flexibility index (Phi) is 4.20. The molecule has 1 amide bonds. The second-order valence-corrected chi connectivity index (χ2v) is 5.60. The molecule has 2 aromatic heterocycles. The topological polar surface area (TPSA) is 63.1 Å². The monoisotopic (exact) mass is 299 g/mol. The number of fused-ring (bicyclic) bond motifs is 1. The highest BCUT2D eigenvalue weighted by Gasteiger charge is 2.18. The number of aromatic nitrogens is 3. The van der Waals surface area contributed by atoms with Gasteiger partial charge in [-0.2, -0.15) is 0 Å². The maximum absolute atomic E-state index is 12.1. The number of hydrogen-bond acceptors (Lipinski definition) is 4. The number of imidazole rings is 1. The molecule has 6 heteroatoms. The molecule has 0 aromatic carbocycles. The Bertz CT molecular complexity index is 679. The van der Waals surface area contributed by atoms with Gasteiger partial charge >= 0.3 is 0 Å².